The zero-order chi connectivity index (χ0) is 23.0. The Kier molecular flexibility index (Phi) is 5.54. The second kappa shape index (κ2) is 8.51. The minimum Gasteiger partial charge on any atom is -0.452 e. The summed E-state index contributed by atoms with van der Waals surface area (Å²) in [6, 6.07) is 13.5. The highest BCUT2D eigenvalue weighted by Gasteiger charge is 2.32. The van der Waals surface area contributed by atoms with Crippen molar-refractivity contribution in [3.05, 3.63) is 76.8 Å². The first-order valence-corrected chi connectivity index (χ1v) is 12.7. The number of carbonyl (C=O) groups is 2. The molecule has 1 aliphatic carbocycles. The normalized spacial score (nSPS) is 18.7. The Morgan fingerprint density at radius 1 is 1.06 bits per heavy atom. The second-order valence-electron chi connectivity index (χ2n) is 8.45. The van der Waals surface area contributed by atoms with Gasteiger partial charge < -0.3 is 14.6 Å². The topological polar surface area (TPSA) is 96.5 Å². The number of aromatic nitrogens is 1. The molecule has 1 unspecified atom stereocenters. The van der Waals surface area contributed by atoms with Crippen LogP contribution in [-0.4, -0.2) is 43.7 Å². The summed E-state index contributed by atoms with van der Waals surface area (Å²) in [5, 5.41) is 2.15. The number of aryl methyl sites for hydroxylation is 2. The van der Waals surface area contributed by atoms with Gasteiger partial charge in [-0.05, 0) is 67.7 Å². The van der Waals surface area contributed by atoms with Gasteiger partial charge in [-0.2, -0.15) is 0 Å². The molecule has 1 aliphatic heterocycles. The molecule has 0 saturated carbocycles. The SMILES string of the molecule is O=C(OCC(=O)N(c1ccccc1)C1C=CS(=O)(=O)C1)c1ccc2[nH]c3c(c2c1)CCCC3. The fourth-order valence-electron chi connectivity index (χ4n) is 4.64. The van der Waals surface area contributed by atoms with Gasteiger partial charge in [-0.3, -0.25) is 4.79 Å². The average Bonchev–Trinajstić information content (AvgIpc) is 3.37. The lowest BCUT2D eigenvalue weighted by Gasteiger charge is -2.27. The number of nitrogens with one attached hydrogen (secondary N) is 1. The van der Waals surface area contributed by atoms with E-state index in [1.165, 1.54) is 22.2 Å². The van der Waals surface area contributed by atoms with Gasteiger partial charge in [-0.15, -0.1) is 0 Å². The van der Waals surface area contributed by atoms with E-state index in [1.54, 1.807) is 30.3 Å². The Bertz CT molecular complexity index is 1360. The molecule has 0 radical (unpaired) electrons. The standard InChI is InChI=1S/C25H24N2O5S/c28-24(27(18-6-2-1-3-7-18)19-12-13-33(30,31)16-19)15-32-25(29)17-10-11-23-21(14-17)20-8-4-5-9-22(20)26-23/h1-3,6-7,10-14,19,26H,4-5,8-9,15-16H2. The maximum atomic E-state index is 13.1. The Hall–Kier alpha value is -3.39. The van der Waals surface area contributed by atoms with Crippen LogP contribution in [0.15, 0.2) is 60.0 Å². The third-order valence-corrected chi connectivity index (χ3v) is 7.58. The van der Waals surface area contributed by atoms with E-state index in [9.17, 15) is 18.0 Å². The third-order valence-electron chi connectivity index (χ3n) is 6.21. The molecule has 1 aromatic heterocycles. The van der Waals surface area contributed by atoms with Gasteiger partial charge in [-0.1, -0.05) is 18.2 Å². The first kappa shape index (κ1) is 21.5. The number of aromatic amines is 1. The lowest BCUT2D eigenvalue weighted by molar-refractivity contribution is -0.121. The number of sulfone groups is 1. The van der Waals surface area contributed by atoms with Crippen molar-refractivity contribution >= 4 is 38.3 Å². The molecule has 2 aromatic carbocycles. The van der Waals surface area contributed by atoms with Crippen molar-refractivity contribution in [2.45, 2.75) is 31.7 Å². The molecule has 1 atom stereocenters. The van der Waals surface area contributed by atoms with Gasteiger partial charge in [0.15, 0.2) is 16.4 Å². The predicted octanol–water partition coefficient (Wildman–Crippen LogP) is 3.55. The molecule has 0 spiro atoms. The molecule has 0 fully saturated rings. The molecule has 33 heavy (non-hydrogen) atoms. The van der Waals surface area contributed by atoms with Crippen molar-refractivity contribution in [1.82, 2.24) is 4.98 Å². The van der Waals surface area contributed by atoms with Crippen LogP contribution >= 0.6 is 0 Å². The number of para-hydroxylation sites is 1. The zero-order valence-electron chi connectivity index (χ0n) is 18.0. The minimum absolute atomic E-state index is 0.198. The maximum Gasteiger partial charge on any atom is 0.338 e. The van der Waals surface area contributed by atoms with Crippen molar-refractivity contribution in [3.63, 3.8) is 0 Å². The molecular weight excluding hydrogens is 440 g/mol. The molecule has 1 amide bonds. The molecule has 8 heteroatoms. The van der Waals surface area contributed by atoms with E-state index in [2.05, 4.69) is 4.98 Å². The van der Waals surface area contributed by atoms with Crippen LogP contribution < -0.4 is 4.90 Å². The van der Waals surface area contributed by atoms with E-state index in [4.69, 9.17) is 4.74 Å². The number of ether oxygens (including phenoxy) is 1. The first-order chi connectivity index (χ1) is 15.9. The van der Waals surface area contributed by atoms with Crippen LogP contribution in [0.3, 0.4) is 0 Å². The highest BCUT2D eigenvalue weighted by atomic mass is 32.2. The van der Waals surface area contributed by atoms with Gasteiger partial charge in [0.2, 0.25) is 0 Å². The molecule has 2 heterocycles. The monoisotopic (exact) mass is 464 g/mol. The maximum absolute atomic E-state index is 13.1. The lowest BCUT2D eigenvalue weighted by atomic mass is 9.95. The molecule has 5 rings (SSSR count). The molecular formula is C25H24N2O5S. The minimum atomic E-state index is -3.36. The summed E-state index contributed by atoms with van der Waals surface area (Å²) in [7, 11) is -3.36. The molecule has 2 aliphatic rings. The quantitative estimate of drug-likeness (QED) is 0.583. The van der Waals surface area contributed by atoms with Crippen molar-refractivity contribution < 1.29 is 22.7 Å². The predicted molar refractivity (Wildman–Crippen MR) is 126 cm³/mol. The van der Waals surface area contributed by atoms with Crippen molar-refractivity contribution in [2.24, 2.45) is 0 Å². The largest absolute Gasteiger partial charge is 0.452 e. The van der Waals surface area contributed by atoms with E-state index in [-0.39, 0.29) is 5.75 Å². The number of esters is 1. The van der Waals surface area contributed by atoms with Gasteiger partial charge in [0, 0.05) is 27.7 Å². The van der Waals surface area contributed by atoms with E-state index in [1.807, 2.05) is 18.2 Å². The lowest BCUT2D eigenvalue weighted by Crippen LogP contribution is -2.43. The van der Waals surface area contributed by atoms with Crippen LogP contribution in [0, 0.1) is 0 Å². The van der Waals surface area contributed by atoms with Crippen LogP contribution in [0.1, 0.15) is 34.5 Å². The number of fused-ring (bicyclic) bond motifs is 3. The Labute approximate surface area is 192 Å². The van der Waals surface area contributed by atoms with Crippen molar-refractivity contribution in [2.75, 3.05) is 17.3 Å². The summed E-state index contributed by atoms with van der Waals surface area (Å²) >= 11 is 0. The van der Waals surface area contributed by atoms with Gasteiger partial charge in [-0.25, -0.2) is 13.2 Å². The number of benzene rings is 2. The fraction of sp³-hybridized carbons (Fsp3) is 0.280. The van der Waals surface area contributed by atoms with E-state index in [0.29, 0.717) is 11.3 Å². The van der Waals surface area contributed by atoms with Crippen LogP contribution in [0.5, 0.6) is 0 Å². The number of nitrogens with zero attached hydrogens (tertiary/aromatic N) is 1. The first-order valence-electron chi connectivity index (χ1n) is 11.0. The van der Waals surface area contributed by atoms with E-state index in [0.717, 1.165) is 42.0 Å². The van der Waals surface area contributed by atoms with Gasteiger partial charge in [0.05, 0.1) is 17.4 Å². The Morgan fingerprint density at radius 2 is 1.85 bits per heavy atom. The summed E-state index contributed by atoms with van der Waals surface area (Å²) in [5.74, 6) is -1.27. The summed E-state index contributed by atoms with van der Waals surface area (Å²) in [5.41, 5.74) is 4.42. The van der Waals surface area contributed by atoms with E-state index < -0.39 is 34.4 Å². The van der Waals surface area contributed by atoms with Crippen LogP contribution in [0.25, 0.3) is 10.9 Å². The van der Waals surface area contributed by atoms with Gasteiger partial charge in [0.1, 0.15) is 0 Å². The van der Waals surface area contributed by atoms with Crippen molar-refractivity contribution in [3.8, 4) is 0 Å². The number of H-pyrrole nitrogens is 1. The number of hydrogen-bond donors (Lipinski definition) is 1. The molecule has 3 aromatic rings. The van der Waals surface area contributed by atoms with Crippen LogP contribution in [-0.2, 0) is 32.2 Å². The number of anilines is 1. The summed E-state index contributed by atoms with van der Waals surface area (Å²) in [6.45, 7) is -0.485. The summed E-state index contributed by atoms with van der Waals surface area (Å²) in [6.07, 6.45) is 5.77. The average molecular weight is 465 g/mol. The van der Waals surface area contributed by atoms with Gasteiger partial charge >= 0.3 is 5.97 Å². The van der Waals surface area contributed by atoms with Crippen LogP contribution in [0.2, 0.25) is 0 Å². The fourth-order valence-corrected chi connectivity index (χ4v) is 5.91. The summed E-state index contributed by atoms with van der Waals surface area (Å²) < 4.78 is 29.2. The molecule has 7 nitrogen and oxygen atoms in total. The Morgan fingerprint density at radius 3 is 2.61 bits per heavy atom. The molecule has 170 valence electrons. The number of hydrogen-bond acceptors (Lipinski definition) is 5. The number of rotatable bonds is 5. The van der Waals surface area contributed by atoms with Crippen LogP contribution in [0.4, 0.5) is 5.69 Å². The van der Waals surface area contributed by atoms with Crippen molar-refractivity contribution in [1.29, 1.82) is 0 Å². The highest BCUT2D eigenvalue weighted by molar-refractivity contribution is 7.94. The number of carbonyl (C=O) groups excluding carboxylic acids is 2. The Balaban J connectivity index is 1.33. The molecule has 0 saturated heterocycles. The second-order valence-corrected chi connectivity index (χ2v) is 10.4. The number of amides is 1. The third kappa shape index (κ3) is 4.30. The molecule has 1 N–H and O–H groups in total. The highest BCUT2D eigenvalue weighted by Crippen LogP contribution is 2.30. The zero-order valence-corrected chi connectivity index (χ0v) is 18.8. The van der Waals surface area contributed by atoms with E-state index >= 15 is 0 Å². The summed E-state index contributed by atoms with van der Waals surface area (Å²) in [4.78, 5) is 30.6. The molecule has 0 bridgehead atoms. The smallest absolute Gasteiger partial charge is 0.338 e. The van der Waals surface area contributed by atoms with Gasteiger partial charge in [0.25, 0.3) is 5.91 Å².